The molecule has 0 aromatic heterocycles. The second kappa shape index (κ2) is 11.2. The molecule has 1 atom stereocenters. The summed E-state index contributed by atoms with van der Waals surface area (Å²) in [4.78, 5) is 25.0. The first kappa shape index (κ1) is 22.4. The van der Waals surface area contributed by atoms with Gasteiger partial charge < -0.3 is 10.6 Å². The zero-order chi connectivity index (χ0) is 20.5. The highest BCUT2D eigenvalue weighted by Gasteiger charge is 2.21. The number of halogens is 3. The summed E-state index contributed by atoms with van der Waals surface area (Å²) in [6, 6.07) is 9.53. The molecule has 0 aliphatic rings. The summed E-state index contributed by atoms with van der Waals surface area (Å²) in [6.45, 7) is 0.211. The molecule has 0 fully saturated rings. The van der Waals surface area contributed by atoms with Crippen LogP contribution in [-0.2, 0) is 11.2 Å². The summed E-state index contributed by atoms with van der Waals surface area (Å²) in [7, 11) is 0. The molecule has 8 heteroatoms. The Morgan fingerprint density at radius 2 is 1.82 bits per heavy atom. The quantitative estimate of drug-likeness (QED) is 0.583. The minimum atomic E-state index is -0.698. The lowest BCUT2D eigenvalue weighted by atomic mass is 10.1. The lowest BCUT2D eigenvalue weighted by molar-refractivity contribution is -0.122. The monoisotopic (exact) mass is 470 g/mol. The molecule has 0 bridgehead atoms. The van der Waals surface area contributed by atoms with E-state index in [-0.39, 0.29) is 24.8 Å². The molecule has 0 heterocycles. The largest absolute Gasteiger partial charge is 0.354 e. The molecule has 4 nitrogen and oxygen atoms in total. The molecular weight excluding hydrogens is 450 g/mol. The zero-order valence-electron chi connectivity index (χ0n) is 15.3. The summed E-state index contributed by atoms with van der Waals surface area (Å²) in [5.74, 6) is -1.28. The van der Waals surface area contributed by atoms with Crippen LogP contribution in [-0.4, -0.2) is 36.4 Å². The normalized spacial score (nSPS) is 11.7. The van der Waals surface area contributed by atoms with Gasteiger partial charge in [-0.05, 0) is 70.6 Å². The molecule has 1 unspecified atom stereocenters. The molecule has 0 saturated carbocycles. The van der Waals surface area contributed by atoms with Crippen molar-refractivity contribution in [2.75, 3.05) is 18.6 Å². The summed E-state index contributed by atoms with van der Waals surface area (Å²) in [6.07, 6.45) is 2.68. The van der Waals surface area contributed by atoms with Crippen LogP contribution in [0.15, 0.2) is 46.9 Å². The third kappa shape index (κ3) is 6.91. The molecule has 0 radical (unpaired) electrons. The van der Waals surface area contributed by atoms with Gasteiger partial charge in [-0.15, -0.1) is 0 Å². The van der Waals surface area contributed by atoms with Crippen molar-refractivity contribution in [2.24, 2.45) is 0 Å². The minimum absolute atomic E-state index is 0.211. The van der Waals surface area contributed by atoms with Gasteiger partial charge in [0.15, 0.2) is 0 Å². The predicted molar refractivity (Wildman–Crippen MR) is 111 cm³/mol. The fourth-order valence-corrected chi connectivity index (χ4v) is 3.53. The van der Waals surface area contributed by atoms with Gasteiger partial charge in [-0.25, -0.2) is 8.78 Å². The number of thioether (sulfide) groups is 1. The number of carbonyl (C=O) groups excluding carboxylic acids is 2. The molecular formula is C20H21BrF2N2O2S. The smallest absolute Gasteiger partial charge is 0.253 e. The fourth-order valence-electron chi connectivity index (χ4n) is 2.59. The van der Waals surface area contributed by atoms with Crippen LogP contribution in [0.3, 0.4) is 0 Å². The van der Waals surface area contributed by atoms with E-state index in [0.29, 0.717) is 27.8 Å². The SMILES string of the molecule is CSCCC(NC(=O)c1ccccc1Br)C(=O)NCCc1cc(F)cc(F)c1. The highest BCUT2D eigenvalue weighted by Crippen LogP contribution is 2.16. The highest BCUT2D eigenvalue weighted by atomic mass is 79.9. The average Bonchev–Trinajstić information content (AvgIpc) is 2.64. The fraction of sp³-hybridized carbons (Fsp3) is 0.300. The van der Waals surface area contributed by atoms with Crippen molar-refractivity contribution < 1.29 is 18.4 Å². The highest BCUT2D eigenvalue weighted by molar-refractivity contribution is 9.10. The third-order valence-electron chi connectivity index (χ3n) is 3.99. The topological polar surface area (TPSA) is 58.2 Å². The van der Waals surface area contributed by atoms with E-state index in [9.17, 15) is 18.4 Å². The maximum absolute atomic E-state index is 13.2. The Morgan fingerprint density at radius 1 is 1.14 bits per heavy atom. The number of carbonyl (C=O) groups is 2. The Morgan fingerprint density at radius 3 is 2.46 bits per heavy atom. The van der Waals surface area contributed by atoms with Gasteiger partial charge in [-0.1, -0.05) is 12.1 Å². The van der Waals surface area contributed by atoms with Crippen LogP contribution < -0.4 is 10.6 Å². The van der Waals surface area contributed by atoms with Crippen molar-refractivity contribution in [1.29, 1.82) is 0 Å². The van der Waals surface area contributed by atoms with Gasteiger partial charge in [-0.2, -0.15) is 11.8 Å². The van der Waals surface area contributed by atoms with Gasteiger partial charge >= 0.3 is 0 Å². The molecule has 2 N–H and O–H groups in total. The summed E-state index contributed by atoms with van der Waals surface area (Å²) in [5, 5.41) is 5.49. The minimum Gasteiger partial charge on any atom is -0.354 e. The summed E-state index contributed by atoms with van der Waals surface area (Å²) in [5.41, 5.74) is 0.899. The lowest BCUT2D eigenvalue weighted by Gasteiger charge is -2.18. The number of amides is 2. The second-order valence-electron chi connectivity index (χ2n) is 6.11. The van der Waals surface area contributed by atoms with Crippen molar-refractivity contribution in [2.45, 2.75) is 18.9 Å². The molecule has 0 aliphatic heterocycles. The van der Waals surface area contributed by atoms with Crippen LogP contribution in [0.4, 0.5) is 8.78 Å². The van der Waals surface area contributed by atoms with Crippen molar-refractivity contribution in [3.05, 3.63) is 69.7 Å². The van der Waals surface area contributed by atoms with Gasteiger partial charge in [0.2, 0.25) is 5.91 Å². The van der Waals surface area contributed by atoms with E-state index in [1.807, 2.05) is 6.26 Å². The Labute approximate surface area is 175 Å². The number of rotatable bonds is 9. The van der Waals surface area contributed by atoms with Gasteiger partial charge in [-0.3, -0.25) is 9.59 Å². The van der Waals surface area contributed by atoms with E-state index in [2.05, 4.69) is 26.6 Å². The van der Waals surface area contributed by atoms with Crippen LogP contribution in [0, 0.1) is 11.6 Å². The molecule has 2 aromatic carbocycles. The standard InChI is InChI=1S/C20H21BrF2N2O2S/c1-28-9-7-18(25-19(26)16-4-2-3-5-17(16)21)20(27)24-8-6-13-10-14(22)12-15(23)11-13/h2-5,10-12,18H,6-9H2,1H3,(H,24,27)(H,25,26). The zero-order valence-corrected chi connectivity index (χ0v) is 17.7. The van der Waals surface area contributed by atoms with E-state index in [1.165, 1.54) is 12.1 Å². The molecule has 2 aromatic rings. The van der Waals surface area contributed by atoms with Crippen molar-refractivity contribution in [1.82, 2.24) is 10.6 Å². The van der Waals surface area contributed by atoms with Gasteiger partial charge in [0, 0.05) is 17.1 Å². The molecule has 0 aliphatic carbocycles. The number of hydrogen-bond donors (Lipinski definition) is 2. The van der Waals surface area contributed by atoms with Crippen LogP contribution in [0.2, 0.25) is 0 Å². The van der Waals surface area contributed by atoms with Gasteiger partial charge in [0.1, 0.15) is 17.7 Å². The molecule has 2 rings (SSSR count). The van der Waals surface area contributed by atoms with Crippen molar-refractivity contribution in [3.8, 4) is 0 Å². The third-order valence-corrected chi connectivity index (χ3v) is 5.32. The van der Waals surface area contributed by atoms with Crippen molar-refractivity contribution in [3.63, 3.8) is 0 Å². The number of benzene rings is 2. The van der Waals surface area contributed by atoms with Crippen LogP contribution in [0.5, 0.6) is 0 Å². The molecule has 0 saturated heterocycles. The molecule has 150 valence electrons. The Kier molecular flexibility index (Phi) is 8.92. The molecule has 0 spiro atoms. The van der Waals surface area contributed by atoms with Crippen molar-refractivity contribution >= 4 is 39.5 Å². The first-order valence-electron chi connectivity index (χ1n) is 8.67. The Hall–Kier alpha value is -1.93. The summed E-state index contributed by atoms with van der Waals surface area (Å²) < 4.78 is 27.1. The van der Waals surface area contributed by atoms with Gasteiger partial charge in [0.25, 0.3) is 5.91 Å². The molecule has 28 heavy (non-hydrogen) atoms. The first-order chi connectivity index (χ1) is 13.4. The van der Waals surface area contributed by atoms with Crippen LogP contribution in [0.1, 0.15) is 22.3 Å². The van der Waals surface area contributed by atoms with Gasteiger partial charge in [0.05, 0.1) is 5.56 Å². The van der Waals surface area contributed by atoms with E-state index in [4.69, 9.17) is 0 Å². The lowest BCUT2D eigenvalue weighted by Crippen LogP contribution is -2.47. The van der Waals surface area contributed by atoms with E-state index in [0.717, 1.165) is 6.07 Å². The van der Waals surface area contributed by atoms with Crippen LogP contribution >= 0.6 is 27.7 Å². The number of nitrogens with one attached hydrogen (secondary N) is 2. The first-order valence-corrected chi connectivity index (χ1v) is 10.9. The maximum Gasteiger partial charge on any atom is 0.253 e. The Balaban J connectivity index is 1.96. The van der Waals surface area contributed by atoms with E-state index in [1.54, 1.807) is 36.0 Å². The predicted octanol–water partition coefficient (Wildman–Crippen LogP) is 3.94. The van der Waals surface area contributed by atoms with Crippen LogP contribution in [0.25, 0.3) is 0 Å². The second-order valence-corrected chi connectivity index (χ2v) is 7.95. The summed E-state index contributed by atoms with van der Waals surface area (Å²) >= 11 is 4.90. The Bertz CT molecular complexity index is 815. The molecule has 2 amide bonds. The maximum atomic E-state index is 13.2. The van der Waals surface area contributed by atoms with E-state index < -0.39 is 17.7 Å². The average molecular weight is 471 g/mol. The number of hydrogen-bond acceptors (Lipinski definition) is 3. The van der Waals surface area contributed by atoms with E-state index >= 15 is 0 Å².